The monoisotopic (exact) mass is 456 g/mol. The van der Waals surface area contributed by atoms with Crippen LogP contribution in [0.1, 0.15) is 57.9 Å². The molecule has 6 heteroatoms. The highest BCUT2D eigenvalue weighted by Gasteiger charge is 2.62. The number of hydrogen-bond acceptors (Lipinski definition) is 2. The van der Waals surface area contributed by atoms with Gasteiger partial charge in [0.2, 0.25) is 5.91 Å². The minimum absolute atomic E-state index is 0.0236. The number of nitrogens with one attached hydrogen (secondary N) is 1. The zero-order valence-electron chi connectivity index (χ0n) is 19.7. The lowest BCUT2D eigenvalue weighted by molar-refractivity contribution is -0.145. The van der Waals surface area contributed by atoms with E-state index >= 15 is 0 Å². The minimum Gasteiger partial charge on any atom is -0.352 e. The van der Waals surface area contributed by atoms with Crippen LogP contribution in [0.2, 0.25) is 0 Å². The Bertz CT molecular complexity index is 1010. The molecule has 3 saturated carbocycles. The first-order valence-corrected chi connectivity index (χ1v) is 12.3. The van der Waals surface area contributed by atoms with Gasteiger partial charge in [0.15, 0.2) is 5.83 Å². The van der Waals surface area contributed by atoms with Crippen LogP contribution in [0.3, 0.4) is 0 Å². The van der Waals surface area contributed by atoms with E-state index in [4.69, 9.17) is 0 Å². The lowest BCUT2D eigenvalue weighted by atomic mass is 9.47. The zero-order chi connectivity index (χ0) is 23.5. The average Bonchev–Trinajstić information content (AvgIpc) is 3.14. The van der Waals surface area contributed by atoms with Gasteiger partial charge in [0.1, 0.15) is 5.82 Å². The molecule has 178 valence electrons. The van der Waals surface area contributed by atoms with Crippen molar-refractivity contribution in [2.24, 2.45) is 34.5 Å². The summed E-state index contributed by atoms with van der Waals surface area (Å²) < 4.78 is 28.5. The maximum atomic E-state index is 14.6. The van der Waals surface area contributed by atoms with Crippen molar-refractivity contribution >= 4 is 11.8 Å². The maximum Gasteiger partial charge on any atom is 0.282 e. The second-order valence-corrected chi connectivity index (χ2v) is 11.2. The van der Waals surface area contributed by atoms with Crippen molar-refractivity contribution in [2.75, 3.05) is 7.05 Å². The van der Waals surface area contributed by atoms with Gasteiger partial charge in [-0.3, -0.25) is 9.59 Å². The number of carbonyl (C=O) groups excluding carboxylic acids is 2. The number of fused-ring (bicyclic) bond motifs is 5. The molecule has 0 unspecified atom stereocenters. The average molecular weight is 457 g/mol. The van der Waals surface area contributed by atoms with Gasteiger partial charge in [0.25, 0.3) is 5.91 Å². The lowest BCUT2D eigenvalue weighted by Gasteiger charge is -2.60. The number of halogens is 2. The summed E-state index contributed by atoms with van der Waals surface area (Å²) in [5.74, 6) is -0.311. The molecule has 7 atom stereocenters. The van der Waals surface area contributed by atoms with E-state index in [9.17, 15) is 18.4 Å². The molecule has 0 radical (unpaired) electrons. The Morgan fingerprint density at radius 2 is 1.85 bits per heavy atom. The summed E-state index contributed by atoms with van der Waals surface area (Å²) in [5, 5.41) is 3.00. The summed E-state index contributed by atoms with van der Waals surface area (Å²) in [6.07, 6.45) is 7.21. The number of hydrogen-bond donors (Lipinski definition) is 1. The van der Waals surface area contributed by atoms with Crippen LogP contribution in [-0.2, 0) is 16.1 Å². The van der Waals surface area contributed by atoms with Crippen LogP contribution >= 0.6 is 0 Å². The smallest absolute Gasteiger partial charge is 0.282 e. The van der Waals surface area contributed by atoms with Crippen LogP contribution in [0.5, 0.6) is 0 Å². The summed E-state index contributed by atoms with van der Waals surface area (Å²) in [5.41, 5.74) is 0.0510. The van der Waals surface area contributed by atoms with Crippen LogP contribution in [0.15, 0.2) is 36.2 Å². The van der Waals surface area contributed by atoms with Gasteiger partial charge in [0, 0.05) is 36.5 Å². The zero-order valence-corrected chi connectivity index (χ0v) is 19.7. The Hall–Kier alpha value is -2.24. The van der Waals surface area contributed by atoms with Crippen LogP contribution in [-0.4, -0.2) is 29.8 Å². The number of benzene rings is 1. The van der Waals surface area contributed by atoms with E-state index in [1.807, 2.05) is 0 Å². The summed E-state index contributed by atoms with van der Waals surface area (Å²) in [7, 11) is 1.73. The van der Waals surface area contributed by atoms with Crippen molar-refractivity contribution in [2.45, 2.75) is 65.0 Å². The highest BCUT2D eigenvalue weighted by molar-refractivity contribution is 5.92. The summed E-state index contributed by atoms with van der Waals surface area (Å²) in [6.45, 7) is 4.60. The molecular weight excluding hydrogens is 422 g/mol. The first kappa shape index (κ1) is 22.5. The second kappa shape index (κ2) is 7.92. The van der Waals surface area contributed by atoms with E-state index < -0.39 is 11.7 Å². The van der Waals surface area contributed by atoms with E-state index in [1.165, 1.54) is 6.07 Å². The molecular formula is C27H34F2N2O2. The molecule has 0 saturated heterocycles. The Balaban J connectivity index is 1.34. The number of rotatable bonds is 3. The maximum absolute atomic E-state index is 14.6. The summed E-state index contributed by atoms with van der Waals surface area (Å²) >= 11 is 0. The third-order valence-electron chi connectivity index (χ3n) is 9.88. The first-order chi connectivity index (χ1) is 15.7. The predicted molar refractivity (Wildman–Crippen MR) is 122 cm³/mol. The van der Waals surface area contributed by atoms with Crippen molar-refractivity contribution in [1.29, 1.82) is 0 Å². The van der Waals surface area contributed by atoms with E-state index in [2.05, 4.69) is 19.2 Å². The standard InChI is InChI=1S/C27H34F2N2O2/c1-26-13-12-19-17(8-11-23-27(19,2)14-22(29)25(33)31(23)3)18(26)9-10-20(26)24(32)30-15-16-6-4-5-7-21(16)28/h4-7,14,17-20,23H,8-13,15H2,1-3H3,(H,30,32)/t17-,18-,19-,20+,23+,26-,27+/m0/s1. The molecule has 4 nitrogen and oxygen atoms in total. The van der Waals surface area contributed by atoms with Crippen LogP contribution in [0.4, 0.5) is 8.78 Å². The van der Waals surface area contributed by atoms with Crippen LogP contribution in [0.25, 0.3) is 0 Å². The molecule has 1 aliphatic heterocycles. The van der Waals surface area contributed by atoms with Crippen molar-refractivity contribution in [3.8, 4) is 0 Å². The fourth-order valence-corrected chi connectivity index (χ4v) is 8.21. The van der Waals surface area contributed by atoms with E-state index in [-0.39, 0.29) is 41.1 Å². The molecule has 2 amide bonds. The van der Waals surface area contributed by atoms with Gasteiger partial charge in [-0.1, -0.05) is 32.0 Å². The van der Waals surface area contributed by atoms with Gasteiger partial charge < -0.3 is 10.2 Å². The highest BCUT2D eigenvalue weighted by atomic mass is 19.1. The molecule has 1 heterocycles. The van der Waals surface area contributed by atoms with Gasteiger partial charge >= 0.3 is 0 Å². The quantitative estimate of drug-likeness (QED) is 0.696. The van der Waals surface area contributed by atoms with Crippen molar-refractivity contribution in [3.05, 3.63) is 47.5 Å². The number of likely N-dealkylation sites (N-methyl/N-ethyl adjacent to an activating group) is 1. The van der Waals surface area contributed by atoms with Gasteiger partial charge in [-0.25, -0.2) is 8.78 Å². The topological polar surface area (TPSA) is 49.4 Å². The predicted octanol–water partition coefficient (Wildman–Crippen LogP) is 4.99. The third kappa shape index (κ3) is 3.35. The van der Waals surface area contributed by atoms with E-state index in [0.717, 1.165) is 38.5 Å². The second-order valence-electron chi connectivity index (χ2n) is 11.2. The van der Waals surface area contributed by atoms with Crippen LogP contribution in [0, 0.1) is 40.3 Å². The van der Waals surface area contributed by atoms with Gasteiger partial charge in [-0.2, -0.15) is 0 Å². The Kier molecular flexibility index (Phi) is 5.41. The molecule has 4 aliphatic rings. The van der Waals surface area contributed by atoms with Gasteiger partial charge in [-0.15, -0.1) is 0 Å². The summed E-state index contributed by atoms with van der Waals surface area (Å²) in [4.78, 5) is 27.1. The molecule has 5 rings (SSSR count). The molecule has 1 aromatic rings. The lowest BCUT2D eigenvalue weighted by Crippen LogP contribution is -2.60. The van der Waals surface area contributed by atoms with Gasteiger partial charge in [0.05, 0.1) is 0 Å². The Morgan fingerprint density at radius 3 is 2.61 bits per heavy atom. The SMILES string of the molecule is CN1C(=O)C(F)=C[C@]2(C)[C@H]3CC[C@]4(C)[C@@H](C(=O)NCc5ccccc5F)CC[C@H]4[C@@H]3CC[C@@H]12. The van der Waals surface area contributed by atoms with E-state index in [1.54, 1.807) is 36.2 Å². The number of nitrogens with zero attached hydrogens (tertiary/aromatic N) is 1. The van der Waals surface area contributed by atoms with Crippen LogP contribution < -0.4 is 5.32 Å². The number of carbonyl (C=O) groups is 2. The largest absolute Gasteiger partial charge is 0.352 e. The minimum atomic E-state index is -0.623. The molecule has 1 N–H and O–H groups in total. The Morgan fingerprint density at radius 1 is 1.09 bits per heavy atom. The highest BCUT2D eigenvalue weighted by Crippen LogP contribution is 2.65. The molecule has 0 spiro atoms. The molecule has 33 heavy (non-hydrogen) atoms. The first-order valence-electron chi connectivity index (χ1n) is 12.3. The molecule has 3 aliphatic carbocycles. The summed E-state index contributed by atoms with van der Waals surface area (Å²) in [6, 6.07) is 6.59. The van der Waals surface area contributed by atoms with Crippen molar-refractivity contribution in [3.63, 3.8) is 0 Å². The van der Waals surface area contributed by atoms with Gasteiger partial charge in [-0.05, 0) is 73.8 Å². The number of amides is 2. The Labute approximate surface area is 194 Å². The normalized spacial score (nSPS) is 39.9. The van der Waals surface area contributed by atoms with Crippen molar-refractivity contribution < 1.29 is 18.4 Å². The fourth-order valence-electron chi connectivity index (χ4n) is 8.21. The third-order valence-corrected chi connectivity index (χ3v) is 9.88. The molecule has 0 bridgehead atoms. The fraction of sp³-hybridized carbons (Fsp3) is 0.630. The molecule has 0 aromatic heterocycles. The van der Waals surface area contributed by atoms with Crippen molar-refractivity contribution in [1.82, 2.24) is 10.2 Å². The molecule has 3 fully saturated rings. The van der Waals surface area contributed by atoms with E-state index in [0.29, 0.717) is 23.3 Å². The molecule has 1 aromatic carbocycles.